The predicted octanol–water partition coefficient (Wildman–Crippen LogP) is 3.29. The number of fused-ring (bicyclic) bond motifs is 1. The molecule has 0 bridgehead atoms. The zero-order chi connectivity index (χ0) is 16.4. The number of carbonyl (C=O) groups is 1. The molecule has 0 spiro atoms. The lowest BCUT2D eigenvalue weighted by Gasteiger charge is -2.17. The Morgan fingerprint density at radius 2 is 1.65 bits per heavy atom. The van der Waals surface area contributed by atoms with Gasteiger partial charge in [-0.2, -0.15) is 0 Å². The van der Waals surface area contributed by atoms with Crippen LogP contribution in [-0.2, 0) is 0 Å². The van der Waals surface area contributed by atoms with Crippen LogP contribution in [0.15, 0.2) is 59.4 Å². The molecule has 5 nitrogen and oxygen atoms in total. The number of aromatic amines is 1. The second kappa shape index (κ2) is 5.96. The lowest BCUT2D eigenvalue weighted by molar-refractivity contribution is 0.231. The molecule has 1 aromatic heterocycles. The van der Waals surface area contributed by atoms with E-state index in [0.29, 0.717) is 16.8 Å². The Morgan fingerprint density at radius 1 is 1.00 bits per heavy atom. The second-order valence-corrected chi connectivity index (χ2v) is 5.44. The maximum Gasteiger partial charge on any atom is 0.321 e. The van der Waals surface area contributed by atoms with Crippen molar-refractivity contribution in [2.75, 3.05) is 19.4 Å². The maximum atomic E-state index is 12.6. The molecule has 116 valence electrons. The fraction of sp³-hybridized carbons (Fsp3) is 0.111. The van der Waals surface area contributed by atoms with Gasteiger partial charge in [-0.3, -0.25) is 4.79 Å². The number of nitrogens with one attached hydrogen (secondary N) is 2. The van der Waals surface area contributed by atoms with Gasteiger partial charge in [-0.05, 0) is 11.6 Å². The Hall–Kier alpha value is -3.08. The molecular weight excluding hydrogens is 290 g/mol. The molecule has 0 atom stereocenters. The first kappa shape index (κ1) is 14.8. The molecule has 0 saturated heterocycles. The number of hydrogen-bond acceptors (Lipinski definition) is 2. The van der Waals surface area contributed by atoms with Crippen molar-refractivity contribution in [2.24, 2.45) is 0 Å². The number of anilines is 1. The van der Waals surface area contributed by atoms with E-state index in [4.69, 9.17) is 0 Å². The number of rotatable bonds is 2. The van der Waals surface area contributed by atoms with E-state index in [9.17, 15) is 9.59 Å². The van der Waals surface area contributed by atoms with Crippen molar-refractivity contribution in [2.45, 2.75) is 0 Å². The van der Waals surface area contributed by atoms with Crippen molar-refractivity contribution in [1.82, 2.24) is 9.88 Å². The minimum absolute atomic E-state index is 0.232. The highest BCUT2D eigenvalue weighted by Crippen LogP contribution is 2.30. The zero-order valence-corrected chi connectivity index (χ0v) is 13.0. The van der Waals surface area contributed by atoms with Crippen LogP contribution < -0.4 is 10.9 Å². The zero-order valence-electron chi connectivity index (χ0n) is 13.0. The summed E-state index contributed by atoms with van der Waals surface area (Å²) in [6.45, 7) is 0. The van der Waals surface area contributed by atoms with Gasteiger partial charge in [0.05, 0.1) is 16.8 Å². The van der Waals surface area contributed by atoms with Crippen molar-refractivity contribution >= 4 is 22.6 Å². The van der Waals surface area contributed by atoms with Crippen LogP contribution >= 0.6 is 0 Å². The molecule has 2 N–H and O–H groups in total. The maximum absolute atomic E-state index is 12.6. The Balaban J connectivity index is 2.31. The Labute approximate surface area is 133 Å². The highest BCUT2D eigenvalue weighted by molar-refractivity contribution is 6.06. The molecule has 23 heavy (non-hydrogen) atoms. The summed E-state index contributed by atoms with van der Waals surface area (Å²) in [5, 5.41) is 3.65. The molecule has 0 unspecified atom stereocenters. The van der Waals surface area contributed by atoms with Gasteiger partial charge in [0.1, 0.15) is 0 Å². The van der Waals surface area contributed by atoms with E-state index < -0.39 is 0 Å². The van der Waals surface area contributed by atoms with Gasteiger partial charge < -0.3 is 15.2 Å². The molecular formula is C18H17N3O2. The lowest BCUT2D eigenvalue weighted by Crippen LogP contribution is -2.28. The standard InChI is InChI=1S/C18H17N3O2/c1-21(2)18(23)20-16-13-10-6-7-11-14(13)19-17(22)15(16)12-8-4-3-5-9-12/h3-11H,1-2H3,(H2,19,20,22,23). The van der Waals surface area contributed by atoms with Crippen LogP contribution in [0.25, 0.3) is 22.0 Å². The van der Waals surface area contributed by atoms with Gasteiger partial charge in [-0.15, -0.1) is 0 Å². The van der Waals surface area contributed by atoms with Crippen molar-refractivity contribution in [3.63, 3.8) is 0 Å². The van der Waals surface area contributed by atoms with Gasteiger partial charge in [-0.25, -0.2) is 4.79 Å². The normalized spacial score (nSPS) is 10.5. The summed E-state index contributed by atoms with van der Waals surface area (Å²) in [7, 11) is 3.32. The topological polar surface area (TPSA) is 65.2 Å². The number of hydrogen-bond donors (Lipinski definition) is 2. The summed E-state index contributed by atoms with van der Waals surface area (Å²) in [6, 6.07) is 16.5. The molecule has 0 fully saturated rings. The van der Waals surface area contributed by atoms with Gasteiger partial charge in [0.25, 0.3) is 5.56 Å². The van der Waals surface area contributed by atoms with Gasteiger partial charge in [-0.1, -0.05) is 48.5 Å². The smallest absolute Gasteiger partial charge is 0.321 e. The Bertz CT molecular complexity index is 914. The van der Waals surface area contributed by atoms with Gasteiger partial charge in [0.15, 0.2) is 0 Å². The molecule has 5 heteroatoms. The highest BCUT2D eigenvalue weighted by Gasteiger charge is 2.17. The number of carbonyl (C=O) groups excluding carboxylic acids is 1. The third-order valence-corrected chi connectivity index (χ3v) is 3.62. The minimum Gasteiger partial charge on any atom is -0.331 e. The Morgan fingerprint density at radius 3 is 2.35 bits per heavy atom. The van der Waals surface area contributed by atoms with E-state index in [1.165, 1.54) is 4.90 Å². The minimum atomic E-state index is -0.280. The molecule has 2 amide bonds. The van der Waals surface area contributed by atoms with Crippen molar-refractivity contribution in [3.8, 4) is 11.1 Å². The summed E-state index contributed by atoms with van der Waals surface area (Å²) in [5.41, 5.74) is 2.19. The SMILES string of the molecule is CN(C)C(=O)Nc1c(-c2ccccc2)c(=O)[nH]c2ccccc12. The van der Waals surface area contributed by atoms with E-state index in [2.05, 4.69) is 10.3 Å². The number of benzene rings is 2. The third kappa shape index (κ3) is 2.81. The molecule has 2 aromatic carbocycles. The number of para-hydroxylation sites is 1. The van der Waals surface area contributed by atoms with Crippen LogP contribution in [0.3, 0.4) is 0 Å². The molecule has 0 radical (unpaired) electrons. The number of nitrogens with zero attached hydrogens (tertiary/aromatic N) is 1. The largest absolute Gasteiger partial charge is 0.331 e. The first-order valence-corrected chi connectivity index (χ1v) is 7.26. The quantitative estimate of drug-likeness (QED) is 0.763. The van der Waals surface area contributed by atoms with Crippen LogP contribution in [0.4, 0.5) is 10.5 Å². The summed E-state index contributed by atoms with van der Waals surface area (Å²) in [4.78, 5) is 29.1. The summed E-state index contributed by atoms with van der Waals surface area (Å²) in [6.07, 6.45) is 0. The second-order valence-electron chi connectivity index (χ2n) is 5.44. The molecule has 3 rings (SSSR count). The van der Waals surface area contributed by atoms with E-state index in [0.717, 1.165) is 10.9 Å². The Kier molecular flexibility index (Phi) is 3.85. The molecule has 0 aliphatic heterocycles. The fourth-order valence-electron chi connectivity index (χ4n) is 2.47. The van der Waals surface area contributed by atoms with E-state index in [1.807, 2.05) is 54.6 Å². The lowest BCUT2D eigenvalue weighted by atomic mass is 10.0. The molecule has 3 aromatic rings. The number of amides is 2. The predicted molar refractivity (Wildman–Crippen MR) is 92.7 cm³/mol. The molecule has 1 heterocycles. The average Bonchev–Trinajstić information content (AvgIpc) is 2.55. The van der Waals surface area contributed by atoms with Gasteiger partial charge >= 0.3 is 6.03 Å². The average molecular weight is 307 g/mol. The molecule has 0 saturated carbocycles. The van der Waals surface area contributed by atoms with Crippen LogP contribution in [0.2, 0.25) is 0 Å². The van der Waals surface area contributed by atoms with Crippen molar-refractivity contribution in [1.29, 1.82) is 0 Å². The van der Waals surface area contributed by atoms with Crippen LogP contribution in [0.5, 0.6) is 0 Å². The summed E-state index contributed by atoms with van der Waals surface area (Å²) >= 11 is 0. The fourth-order valence-corrected chi connectivity index (χ4v) is 2.47. The molecule has 0 aliphatic carbocycles. The van der Waals surface area contributed by atoms with Crippen LogP contribution in [0, 0.1) is 0 Å². The summed E-state index contributed by atoms with van der Waals surface area (Å²) < 4.78 is 0. The van der Waals surface area contributed by atoms with Crippen molar-refractivity contribution < 1.29 is 4.79 Å². The highest BCUT2D eigenvalue weighted by atomic mass is 16.2. The third-order valence-electron chi connectivity index (χ3n) is 3.62. The number of H-pyrrole nitrogens is 1. The monoisotopic (exact) mass is 307 g/mol. The number of aromatic nitrogens is 1. The first-order chi connectivity index (χ1) is 11.1. The van der Waals surface area contributed by atoms with Crippen LogP contribution in [0.1, 0.15) is 0 Å². The van der Waals surface area contributed by atoms with Crippen LogP contribution in [-0.4, -0.2) is 30.0 Å². The number of pyridine rings is 1. The van der Waals surface area contributed by atoms with Crippen molar-refractivity contribution in [3.05, 3.63) is 65.0 Å². The van der Waals surface area contributed by atoms with Gasteiger partial charge in [0.2, 0.25) is 0 Å². The number of urea groups is 1. The van der Waals surface area contributed by atoms with E-state index in [-0.39, 0.29) is 11.6 Å². The van der Waals surface area contributed by atoms with Gasteiger partial charge in [0, 0.05) is 19.5 Å². The van der Waals surface area contributed by atoms with E-state index in [1.54, 1.807) is 14.1 Å². The van der Waals surface area contributed by atoms with E-state index >= 15 is 0 Å². The first-order valence-electron chi connectivity index (χ1n) is 7.26. The molecule has 0 aliphatic rings. The summed E-state index contributed by atoms with van der Waals surface area (Å²) in [5.74, 6) is 0.